The van der Waals surface area contributed by atoms with Crippen molar-refractivity contribution in [1.29, 1.82) is 0 Å². The van der Waals surface area contributed by atoms with Gasteiger partial charge in [-0.3, -0.25) is 4.79 Å². The Morgan fingerprint density at radius 2 is 1.58 bits per heavy atom. The minimum Gasteiger partial charge on any atom is -0.457 e. The number of nitrogens with zero attached hydrogens (tertiary/aromatic N) is 1. The van der Waals surface area contributed by atoms with Crippen LogP contribution in [-0.2, 0) is 14.8 Å². The summed E-state index contributed by atoms with van der Waals surface area (Å²) in [4.78, 5) is 13.4. The zero-order valence-corrected chi connectivity index (χ0v) is 14.0. The summed E-state index contributed by atoms with van der Waals surface area (Å²) < 4.78 is 28.6. The second-order valence-electron chi connectivity index (χ2n) is 5.83. The molecule has 0 aliphatic carbocycles. The summed E-state index contributed by atoms with van der Waals surface area (Å²) in [6, 6.07) is 14.6. The highest BCUT2D eigenvalue weighted by Crippen LogP contribution is 2.28. The fourth-order valence-electron chi connectivity index (χ4n) is 2.58. The molecule has 0 saturated carbocycles. The fraction of sp³-hybridized carbons (Fsp3) is 0.235. The predicted molar refractivity (Wildman–Crippen MR) is 91.6 cm³/mol. The minimum atomic E-state index is -3.72. The molecular formula is C17H18N2O4S. The lowest BCUT2D eigenvalue weighted by Crippen LogP contribution is -2.32. The monoisotopic (exact) mass is 346 g/mol. The van der Waals surface area contributed by atoms with Crippen LogP contribution < -0.4 is 14.8 Å². The Hall–Kier alpha value is -2.38. The number of carbonyl (C=O) groups excluding carboxylic acids is 1. The van der Waals surface area contributed by atoms with Crippen LogP contribution in [0.3, 0.4) is 0 Å². The van der Waals surface area contributed by atoms with Gasteiger partial charge in [0.05, 0.1) is 0 Å². The van der Waals surface area contributed by atoms with Crippen molar-refractivity contribution in [3.8, 4) is 11.5 Å². The van der Waals surface area contributed by atoms with Gasteiger partial charge in [0, 0.05) is 18.7 Å². The largest absolute Gasteiger partial charge is 0.457 e. The number of hydrogen-bond donors (Lipinski definition) is 1. The molecule has 1 amide bonds. The number of anilines is 1. The summed E-state index contributed by atoms with van der Waals surface area (Å²) in [6.45, 7) is 2.08. The van der Waals surface area contributed by atoms with Crippen molar-refractivity contribution in [3.63, 3.8) is 0 Å². The van der Waals surface area contributed by atoms with Gasteiger partial charge in [-0.2, -0.15) is 0 Å². The fourth-order valence-corrected chi connectivity index (χ4v) is 3.31. The summed E-state index contributed by atoms with van der Waals surface area (Å²) in [7, 11) is -3.72. The van der Waals surface area contributed by atoms with Crippen molar-refractivity contribution < 1.29 is 17.9 Å². The van der Waals surface area contributed by atoms with Crippen LogP contribution in [0.15, 0.2) is 48.5 Å². The van der Waals surface area contributed by atoms with Crippen molar-refractivity contribution in [3.05, 3.63) is 54.1 Å². The first-order chi connectivity index (χ1) is 11.3. The van der Waals surface area contributed by atoms with Gasteiger partial charge in [0.2, 0.25) is 15.9 Å². The third-order valence-electron chi connectivity index (χ3n) is 3.96. The quantitative estimate of drug-likeness (QED) is 0.919. The lowest BCUT2D eigenvalue weighted by atomic mass is 10.2. The highest BCUT2D eigenvalue weighted by molar-refractivity contribution is 7.89. The van der Waals surface area contributed by atoms with Crippen LogP contribution in [0.1, 0.15) is 12.0 Å². The second kappa shape index (κ2) is 6.26. The van der Waals surface area contributed by atoms with Crippen molar-refractivity contribution in [2.75, 3.05) is 11.4 Å². The summed E-state index contributed by atoms with van der Waals surface area (Å²) in [5.74, 6) is 1.11. The van der Waals surface area contributed by atoms with Gasteiger partial charge in [-0.1, -0.05) is 17.7 Å². The molecule has 24 heavy (non-hydrogen) atoms. The van der Waals surface area contributed by atoms with E-state index in [2.05, 4.69) is 0 Å². The molecular weight excluding hydrogens is 328 g/mol. The number of nitrogens with two attached hydrogens (primary N) is 1. The van der Waals surface area contributed by atoms with Gasteiger partial charge < -0.3 is 9.64 Å². The van der Waals surface area contributed by atoms with Gasteiger partial charge in [-0.05, 0) is 43.3 Å². The normalized spacial score (nSPS) is 18.0. The summed E-state index contributed by atoms with van der Waals surface area (Å²) in [5, 5.41) is 4.28. The topological polar surface area (TPSA) is 89.7 Å². The van der Waals surface area contributed by atoms with E-state index in [1.165, 1.54) is 4.90 Å². The number of sulfonamides is 1. The van der Waals surface area contributed by atoms with Crippen LogP contribution >= 0.6 is 0 Å². The molecule has 3 rings (SSSR count). The molecule has 0 spiro atoms. The van der Waals surface area contributed by atoms with Crippen LogP contribution in [-0.4, -0.2) is 26.1 Å². The number of primary sulfonamides is 1. The molecule has 0 bridgehead atoms. The van der Waals surface area contributed by atoms with Gasteiger partial charge in [0.15, 0.2) is 0 Å². The SMILES string of the molecule is Cc1ccc(Oc2ccc(N3CC(S(N)(=O)=O)CC3=O)cc2)cc1. The molecule has 7 heteroatoms. The average Bonchev–Trinajstić information content (AvgIpc) is 2.93. The summed E-state index contributed by atoms with van der Waals surface area (Å²) in [6.07, 6.45) is -0.0829. The van der Waals surface area contributed by atoms with E-state index in [0.29, 0.717) is 11.4 Å². The Labute approximate surface area is 140 Å². The highest BCUT2D eigenvalue weighted by atomic mass is 32.2. The Balaban J connectivity index is 1.73. The number of ether oxygens (including phenoxy) is 1. The highest BCUT2D eigenvalue weighted by Gasteiger charge is 2.37. The van der Waals surface area contributed by atoms with Crippen molar-refractivity contribution >= 4 is 21.6 Å². The average molecular weight is 346 g/mol. The molecule has 1 atom stereocenters. The molecule has 1 aliphatic heterocycles. The van der Waals surface area contributed by atoms with E-state index in [4.69, 9.17) is 9.88 Å². The lowest BCUT2D eigenvalue weighted by molar-refractivity contribution is -0.117. The molecule has 2 aromatic carbocycles. The molecule has 0 radical (unpaired) electrons. The molecule has 0 aromatic heterocycles. The van der Waals surface area contributed by atoms with E-state index < -0.39 is 15.3 Å². The predicted octanol–water partition coefficient (Wildman–Crippen LogP) is 2.18. The van der Waals surface area contributed by atoms with E-state index in [1.807, 2.05) is 31.2 Å². The molecule has 1 fully saturated rings. The minimum absolute atomic E-state index is 0.0792. The van der Waals surface area contributed by atoms with E-state index in [0.717, 1.165) is 11.3 Å². The van der Waals surface area contributed by atoms with Crippen LogP contribution in [0.25, 0.3) is 0 Å². The zero-order valence-electron chi connectivity index (χ0n) is 13.2. The molecule has 6 nitrogen and oxygen atoms in total. The first-order valence-corrected chi connectivity index (χ1v) is 9.10. The zero-order chi connectivity index (χ0) is 17.3. The molecule has 1 saturated heterocycles. The van der Waals surface area contributed by atoms with E-state index >= 15 is 0 Å². The van der Waals surface area contributed by atoms with Crippen LogP contribution in [0.2, 0.25) is 0 Å². The van der Waals surface area contributed by atoms with Crippen molar-refractivity contribution in [2.45, 2.75) is 18.6 Å². The molecule has 1 aliphatic rings. The van der Waals surface area contributed by atoms with Gasteiger partial charge in [0.1, 0.15) is 16.7 Å². The summed E-state index contributed by atoms with van der Waals surface area (Å²) >= 11 is 0. The Bertz CT molecular complexity index is 845. The lowest BCUT2D eigenvalue weighted by Gasteiger charge is -2.17. The maximum absolute atomic E-state index is 12.0. The third-order valence-corrected chi connectivity index (χ3v) is 5.20. The van der Waals surface area contributed by atoms with Crippen molar-refractivity contribution in [2.24, 2.45) is 5.14 Å². The smallest absolute Gasteiger partial charge is 0.228 e. The Morgan fingerprint density at radius 3 is 2.08 bits per heavy atom. The third kappa shape index (κ3) is 3.58. The molecule has 2 N–H and O–H groups in total. The standard InChI is InChI=1S/C17H18N2O4S/c1-12-2-6-14(7-3-12)23-15-8-4-13(5-9-15)19-11-16(10-17(19)20)24(18,21)22/h2-9,16H,10-11H2,1H3,(H2,18,21,22). The molecule has 2 aromatic rings. The number of benzene rings is 2. The van der Waals surface area contributed by atoms with Gasteiger partial charge in [0.25, 0.3) is 0 Å². The molecule has 1 heterocycles. The van der Waals surface area contributed by atoms with E-state index in [-0.39, 0.29) is 18.9 Å². The van der Waals surface area contributed by atoms with Crippen LogP contribution in [0.5, 0.6) is 11.5 Å². The van der Waals surface area contributed by atoms with Gasteiger partial charge >= 0.3 is 0 Å². The Kier molecular flexibility index (Phi) is 4.29. The van der Waals surface area contributed by atoms with Gasteiger partial charge in [-0.25, -0.2) is 13.6 Å². The number of carbonyl (C=O) groups is 1. The molecule has 126 valence electrons. The van der Waals surface area contributed by atoms with Crippen molar-refractivity contribution in [1.82, 2.24) is 0 Å². The molecule has 1 unspecified atom stereocenters. The number of hydrogen-bond acceptors (Lipinski definition) is 4. The van der Waals surface area contributed by atoms with Crippen LogP contribution in [0.4, 0.5) is 5.69 Å². The first kappa shape index (κ1) is 16.5. The van der Waals surface area contributed by atoms with E-state index in [1.54, 1.807) is 24.3 Å². The maximum Gasteiger partial charge on any atom is 0.228 e. The number of aryl methyl sites for hydroxylation is 1. The summed E-state index contributed by atoms with van der Waals surface area (Å²) in [5.41, 5.74) is 1.78. The Morgan fingerprint density at radius 1 is 1.04 bits per heavy atom. The van der Waals surface area contributed by atoms with Gasteiger partial charge in [-0.15, -0.1) is 0 Å². The first-order valence-electron chi connectivity index (χ1n) is 7.49. The number of rotatable bonds is 4. The maximum atomic E-state index is 12.0. The second-order valence-corrected chi connectivity index (χ2v) is 7.67. The number of amides is 1. The van der Waals surface area contributed by atoms with Crippen LogP contribution in [0, 0.1) is 6.92 Å². The van der Waals surface area contributed by atoms with E-state index in [9.17, 15) is 13.2 Å².